The number of hydrogen-bond donors (Lipinski definition) is 0. The maximum atomic E-state index is 12.0. The molecule has 0 radical (unpaired) electrons. The van der Waals surface area contributed by atoms with Crippen LogP contribution in [-0.2, 0) is 4.79 Å². The van der Waals surface area contributed by atoms with E-state index in [1.807, 2.05) is 0 Å². The zero-order chi connectivity index (χ0) is 11.7. The quantitative estimate of drug-likeness (QED) is 0.544. The fraction of sp³-hybridized carbons (Fsp3) is 0.455. The summed E-state index contributed by atoms with van der Waals surface area (Å²) in [5.41, 5.74) is 0. The molecule has 5 heteroatoms. The molecule has 2 atom stereocenters. The highest BCUT2D eigenvalue weighted by molar-refractivity contribution is 8.14. The molecule has 2 unspecified atom stereocenters. The van der Waals surface area contributed by atoms with Crippen LogP contribution in [0.4, 0.5) is 4.79 Å². The van der Waals surface area contributed by atoms with Crippen molar-refractivity contribution >= 4 is 22.9 Å². The molecule has 0 aromatic heterocycles. The summed E-state index contributed by atoms with van der Waals surface area (Å²) >= 11 is 1.31. The van der Waals surface area contributed by atoms with Crippen LogP contribution in [0.3, 0.4) is 0 Å². The van der Waals surface area contributed by atoms with Gasteiger partial charge in [0.2, 0.25) is 5.12 Å². The van der Waals surface area contributed by atoms with Crippen molar-refractivity contribution in [2.75, 3.05) is 18.8 Å². The Balaban J connectivity index is 2.26. The lowest BCUT2D eigenvalue weighted by Crippen LogP contribution is -2.38. The first-order chi connectivity index (χ1) is 7.70. The molecule has 2 saturated heterocycles. The Kier molecular flexibility index (Phi) is 3.05. The number of hydrogen-bond acceptors (Lipinski definition) is 3. The van der Waals surface area contributed by atoms with Gasteiger partial charge in [-0.25, -0.2) is 4.79 Å². The molecule has 0 N–H and O–H groups in total. The molecule has 4 nitrogen and oxygen atoms in total. The molecule has 0 aromatic carbocycles. The Morgan fingerprint density at radius 2 is 1.88 bits per heavy atom. The highest BCUT2D eigenvalue weighted by Crippen LogP contribution is 2.34. The average molecular weight is 238 g/mol. The van der Waals surface area contributed by atoms with Crippen molar-refractivity contribution in [3.63, 3.8) is 0 Å². The number of thioether (sulfide) groups is 1. The lowest BCUT2D eigenvalue weighted by Gasteiger charge is -2.19. The van der Waals surface area contributed by atoms with E-state index in [2.05, 4.69) is 13.2 Å². The van der Waals surface area contributed by atoms with Gasteiger partial charge in [0.15, 0.2) is 0 Å². The number of urea groups is 1. The summed E-state index contributed by atoms with van der Waals surface area (Å²) in [5.74, 6) is 0.691. The van der Waals surface area contributed by atoms with Crippen molar-refractivity contribution < 1.29 is 9.59 Å². The lowest BCUT2D eigenvalue weighted by molar-refractivity contribution is -0.114. The van der Waals surface area contributed by atoms with Crippen LogP contribution in [0.1, 0.15) is 0 Å². The molecule has 2 aliphatic heterocycles. The molecule has 86 valence electrons. The average Bonchev–Trinajstić information content (AvgIpc) is 2.74. The van der Waals surface area contributed by atoms with E-state index in [1.54, 1.807) is 22.0 Å². The first-order valence-corrected chi connectivity index (χ1v) is 6.15. The second-order valence-corrected chi connectivity index (χ2v) is 4.83. The molecule has 2 amide bonds. The van der Waals surface area contributed by atoms with Crippen molar-refractivity contribution in [2.24, 2.45) is 0 Å². The number of nitrogens with zero attached hydrogens (tertiary/aromatic N) is 2. The molecule has 2 heterocycles. The highest BCUT2D eigenvalue weighted by atomic mass is 32.2. The number of fused-ring (bicyclic) bond motifs is 1. The van der Waals surface area contributed by atoms with Gasteiger partial charge in [-0.2, -0.15) is 0 Å². The molecule has 0 bridgehead atoms. The standard InChI is InChI=1S/C11H14N2O2S/c1-3-5-12-8-7-16-10(14)9(8)13(6-4-2)11(12)15/h3-4,8-9H,1-2,5-7H2. The minimum atomic E-state index is -0.296. The first-order valence-electron chi connectivity index (χ1n) is 5.16. The maximum absolute atomic E-state index is 12.0. The second-order valence-electron chi connectivity index (χ2n) is 3.81. The first kappa shape index (κ1) is 11.3. The van der Waals surface area contributed by atoms with Crippen LogP contribution in [0.2, 0.25) is 0 Å². The molecule has 2 rings (SSSR count). The van der Waals surface area contributed by atoms with Crippen LogP contribution in [-0.4, -0.2) is 51.9 Å². The zero-order valence-electron chi connectivity index (χ0n) is 8.96. The Labute approximate surface area is 99.0 Å². The zero-order valence-corrected chi connectivity index (χ0v) is 9.78. The molecule has 0 saturated carbocycles. The number of amides is 2. The van der Waals surface area contributed by atoms with E-state index >= 15 is 0 Å². The highest BCUT2D eigenvalue weighted by Gasteiger charge is 2.52. The van der Waals surface area contributed by atoms with E-state index in [4.69, 9.17) is 0 Å². The van der Waals surface area contributed by atoms with Gasteiger partial charge in [0.25, 0.3) is 0 Å². The molecule has 2 fully saturated rings. The monoisotopic (exact) mass is 238 g/mol. The predicted molar refractivity (Wildman–Crippen MR) is 64.2 cm³/mol. The summed E-state index contributed by atoms with van der Waals surface area (Å²) in [6.07, 6.45) is 3.35. The van der Waals surface area contributed by atoms with Gasteiger partial charge in [0.05, 0.1) is 6.04 Å². The van der Waals surface area contributed by atoms with Crippen LogP contribution in [0.15, 0.2) is 25.3 Å². The number of carbonyl (C=O) groups excluding carboxylic acids is 2. The van der Waals surface area contributed by atoms with Gasteiger partial charge >= 0.3 is 6.03 Å². The van der Waals surface area contributed by atoms with E-state index < -0.39 is 0 Å². The van der Waals surface area contributed by atoms with Gasteiger partial charge in [-0.05, 0) is 0 Å². The molecule has 0 aromatic rings. The third-order valence-corrected chi connectivity index (χ3v) is 3.92. The van der Waals surface area contributed by atoms with Crippen LogP contribution in [0.5, 0.6) is 0 Å². The maximum Gasteiger partial charge on any atom is 0.321 e. The van der Waals surface area contributed by atoms with Crippen molar-refractivity contribution in [3.8, 4) is 0 Å². The summed E-state index contributed by atoms with van der Waals surface area (Å²) in [6.45, 7) is 8.19. The van der Waals surface area contributed by atoms with Gasteiger partial charge in [-0.3, -0.25) is 4.79 Å². The Hall–Kier alpha value is -1.23. The van der Waals surface area contributed by atoms with Crippen molar-refractivity contribution in [3.05, 3.63) is 25.3 Å². The van der Waals surface area contributed by atoms with E-state index in [-0.39, 0.29) is 23.2 Å². The number of rotatable bonds is 4. The van der Waals surface area contributed by atoms with E-state index in [0.29, 0.717) is 18.8 Å². The Morgan fingerprint density at radius 1 is 1.25 bits per heavy atom. The number of carbonyl (C=O) groups is 2. The van der Waals surface area contributed by atoms with Gasteiger partial charge < -0.3 is 9.80 Å². The van der Waals surface area contributed by atoms with Gasteiger partial charge in [-0.1, -0.05) is 23.9 Å². The smallest absolute Gasteiger partial charge is 0.315 e. The van der Waals surface area contributed by atoms with Gasteiger partial charge in [0, 0.05) is 18.8 Å². The fourth-order valence-corrected chi connectivity index (χ4v) is 3.36. The lowest BCUT2D eigenvalue weighted by atomic mass is 10.1. The predicted octanol–water partition coefficient (Wildman–Crippen LogP) is 1.11. The van der Waals surface area contributed by atoms with Crippen molar-refractivity contribution in [1.29, 1.82) is 0 Å². The summed E-state index contributed by atoms with van der Waals surface area (Å²) in [6, 6.07) is -0.373. The van der Waals surface area contributed by atoms with Crippen LogP contribution >= 0.6 is 11.8 Å². The van der Waals surface area contributed by atoms with Crippen molar-refractivity contribution in [1.82, 2.24) is 9.80 Å². The van der Waals surface area contributed by atoms with E-state index in [9.17, 15) is 9.59 Å². The van der Waals surface area contributed by atoms with Crippen LogP contribution in [0.25, 0.3) is 0 Å². The molecule has 2 aliphatic rings. The Bertz CT molecular complexity index is 356. The SMILES string of the molecule is C=CCN1C(=O)N(CC=C)C2C(=O)SCC21. The summed E-state index contributed by atoms with van der Waals surface area (Å²) in [5, 5.41) is 0.0896. The fourth-order valence-electron chi connectivity index (χ4n) is 2.21. The minimum Gasteiger partial charge on any atom is -0.315 e. The summed E-state index contributed by atoms with van der Waals surface area (Å²) < 4.78 is 0. The van der Waals surface area contributed by atoms with E-state index in [1.165, 1.54) is 11.8 Å². The van der Waals surface area contributed by atoms with Gasteiger partial charge in [0.1, 0.15) is 6.04 Å². The largest absolute Gasteiger partial charge is 0.321 e. The Morgan fingerprint density at radius 3 is 2.50 bits per heavy atom. The third kappa shape index (κ3) is 1.55. The van der Waals surface area contributed by atoms with Crippen molar-refractivity contribution in [2.45, 2.75) is 12.1 Å². The third-order valence-electron chi connectivity index (χ3n) is 2.88. The van der Waals surface area contributed by atoms with Gasteiger partial charge in [-0.15, -0.1) is 13.2 Å². The van der Waals surface area contributed by atoms with E-state index in [0.717, 1.165) is 0 Å². The molecular formula is C11H14N2O2S. The molecular weight excluding hydrogens is 224 g/mol. The molecule has 16 heavy (non-hydrogen) atoms. The minimum absolute atomic E-state index is 0.00273. The second kappa shape index (κ2) is 4.33. The van der Waals surface area contributed by atoms with Crippen LogP contribution in [0, 0.1) is 0 Å². The normalized spacial score (nSPS) is 28.5. The topological polar surface area (TPSA) is 40.6 Å². The molecule has 0 spiro atoms. The summed E-state index contributed by atoms with van der Waals surface area (Å²) in [4.78, 5) is 27.1. The molecule has 0 aliphatic carbocycles. The summed E-state index contributed by atoms with van der Waals surface area (Å²) in [7, 11) is 0. The van der Waals surface area contributed by atoms with Crippen LogP contribution < -0.4 is 0 Å².